The smallest absolute Gasteiger partial charge is 0.481 e. The minimum atomic E-state index is -1.09. The van der Waals surface area contributed by atoms with Gasteiger partial charge >= 0.3 is 30.4 Å². The van der Waals surface area contributed by atoms with Gasteiger partial charge < -0.3 is 38.3 Å². The first kappa shape index (κ1) is 48.3. The van der Waals surface area contributed by atoms with Crippen LogP contribution in [0.5, 0.6) is 0 Å². The van der Waals surface area contributed by atoms with Gasteiger partial charge in [-0.15, -0.1) is 0 Å². The molecule has 3 aliphatic carbocycles. The minimum absolute atomic E-state index is 0.00579. The lowest BCUT2D eigenvalue weighted by atomic mass is 9.66. The van der Waals surface area contributed by atoms with Crippen LogP contribution in [-0.4, -0.2) is 86.5 Å². The summed E-state index contributed by atoms with van der Waals surface area (Å²) in [5, 5.41) is 8.06. The van der Waals surface area contributed by atoms with E-state index >= 15 is 0 Å². The van der Waals surface area contributed by atoms with Crippen LogP contribution in [0.4, 0.5) is 14.4 Å². The van der Waals surface area contributed by atoms with Gasteiger partial charge in [0.25, 0.3) is 0 Å². The predicted molar refractivity (Wildman–Crippen MR) is 220 cm³/mol. The number of carbonyl (C=O) groups is 6. The molecule has 6 rings (SSSR count). The lowest BCUT2D eigenvalue weighted by molar-refractivity contribution is -0.172. The Morgan fingerprint density at radius 1 is 0.750 bits per heavy atom. The zero-order valence-electron chi connectivity index (χ0n) is 36.1. The maximum absolute atomic E-state index is 12.9. The van der Waals surface area contributed by atoms with Crippen LogP contribution in [0.15, 0.2) is 47.6 Å². The van der Waals surface area contributed by atoms with Crippen molar-refractivity contribution >= 4 is 47.2 Å². The van der Waals surface area contributed by atoms with Gasteiger partial charge in [-0.1, -0.05) is 76.1 Å². The second-order valence-electron chi connectivity index (χ2n) is 18.3. The van der Waals surface area contributed by atoms with Crippen LogP contribution >= 0.6 is 11.6 Å². The quantitative estimate of drug-likeness (QED) is 0.100. The maximum atomic E-state index is 12.9. The number of rotatable bonds is 9. The van der Waals surface area contributed by atoms with Crippen LogP contribution in [0.1, 0.15) is 99.8 Å². The molecule has 334 valence electrons. The van der Waals surface area contributed by atoms with Crippen molar-refractivity contribution in [1.29, 1.82) is 0 Å². The molecule has 0 spiro atoms. The predicted octanol–water partition coefficient (Wildman–Crippen LogP) is 9.14. The number of fused-ring (bicyclic) bond motifs is 1. The summed E-state index contributed by atoms with van der Waals surface area (Å²) in [5.74, 6) is 2.83. The van der Waals surface area contributed by atoms with Gasteiger partial charge in [0, 0.05) is 6.42 Å². The summed E-state index contributed by atoms with van der Waals surface area (Å²) in [6.45, 7) is 18.2. The second-order valence-corrected chi connectivity index (χ2v) is 18.6. The second kappa shape index (κ2) is 21.0. The van der Waals surface area contributed by atoms with E-state index in [4.69, 9.17) is 30.9 Å². The van der Waals surface area contributed by atoms with Crippen molar-refractivity contribution in [2.75, 3.05) is 39.6 Å². The molecule has 14 nitrogen and oxygen atoms in total. The van der Waals surface area contributed by atoms with E-state index in [0.717, 1.165) is 30.3 Å². The van der Waals surface area contributed by atoms with Crippen LogP contribution in [0, 0.1) is 51.8 Å². The maximum Gasteiger partial charge on any atom is 0.508 e. The van der Waals surface area contributed by atoms with E-state index in [2.05, 4.69) is 77.5 Å². The van der Waals surface area contributed by atoms with Crippen LogP contribution in [0.25, 0.3) is 0 Å². The Labute approximate surface area is 358 Å². The fourth-order valence-electron chi connectivity index (χ4n) is 7.96. The number of aliphatic carboxylic acids is 1. The van der Waals surface area contributed by atoms with Gasteiger partial charge in [0.1, 0.15) is 62.0 Å². The van der Waals surface area contributed by atoms with Gasteiger partial charge in [-0.25, -0.2) is 14.4 Å². The molecule has 0 bridgehead atoms. The molecular formula is C45H63ClO14. The van der Waals surface area contributed by atoms with E-state index in [0.29, 0.717) is 30.1 Å². The Balaban J connectivity index is 0.000000291. The number of carbonyl (C=O) groups excluding carboxylic acids is 5. The molecule has 0 aromatic heterocycles. The first-order chi connectivity index (χ1) is 28.2. The average molecular weight is 863 g/mol. The van der Waals surface area contributed by atoms with Gasteiger partial charge in [0.15, 0.2) is 0 Å². The summed E-state index contributed by atoms with van der Waals surface area (Å²) in [7, 11) is 0. The molecular weight excluding hydrogens is 800 g/mol. The van der Waals surface area contributed by atoms with Crippen molar-refractivity contribution in [2.24, 2.45) is 51.8 Å². The number of allylic oxidation sites excluding steroid dienone is 6. The molecule has 0 radical (unpaired) electrons. The van der Waals surface area contributed by atoms with Crippen molar-refractivity contribution < 1.29 is 67.0 Å². The molecule has 6 atom stereocenters. The Bertz CT molecular complexity index is 1640. The molecule has 1 N–H and O–H groups in total. The fourth-order valence-corrected chi connectivity index (χ4v) is 8.07. The number of carboxylic acids is 1. The first-order valence-electron chi connectivity index (χ1n) is 21.0. The third-order valence-corrected chi connectivity index (χ3v) is 13.2. The summed E-state index contributed by atoms with van der Waals surface area (Å²) >= 11 is 5.24. The van der Waals surface area contributed by atoms with Gasteiger partial charge in [-0.05, 0) is 112 Å². The van der Waals surface area contributed by atoms with Crippen LogP contribution in [-0.2, 0) is 47.5 Å². The van der Waals surface area contributed by atoms with Gasteiger partial charge in [-0.2, -0.15) is 0 Å². The van der Waals surface area contributed by atoms with E-state index in [-0.39, 0.29) is 51.7 Å². The number of hydrogen-bond donors (Lipinski definition) is 1. The zero-order chi connectivity index (χ0) is 44.4. The molecule has 60 heavy (non-hydrogen) atoms. The highest BCUT2D eigenvalue weighted by atomic mass is 35.5. The molecule has 0 amide bonds. The first-order valence-corrected chi connectivity index (χ1v) is 21.3. The summed E-state index contributed by atoms with van der Waals surface area (Å²) in [4.78, 5) is 66.0. The van der Waals surface area contributed by atoms with E-state index in [1.165, 1.54) is 44.6 Å². The third-order valence-electron chi connectivity index (χ3n) is 12.8. The van der Waals surface area contributed by atoms with E-state index in [1.807, 2.05) is 0 Å². The number of esters is 1. The summed E-state index contributed by atoms with van der Waals surface area (Å²) in [6, 6.07) is 0. The topological polar surface area (TPSA) is 187 Å². The molecule has 3 saturated carbocycles. The SMILES string of the molecule is C=C1CC[C@H](OC(=O)C2(C)COC(=O)OC2)C/C1=C/C=C1\CC[C@@H]([C@H](C)/C=C/[C@H](C)C(C)C)C2CCC[C@@H]12.CC1(C(=O)Cl)COC(=O)OC1.CC1(C(=O)O)COC(=O)OC1. The highest BCUT2D eigenvalue weighted by Crippen LogP contribution is 2.51. The minimum Gasteiger partial charge on any atom is -0.481 e. The third kappa shape index (κ3) is 12.8. The number of carboxylic acid groups (broad SMARTS) is 1. The van der Waals surface area contributed by atoms with Crippen molar-refractivity contribution in [3.63, 3.8) is 0 Å². The summed E-state index contributed by atoms with van der Waals surface area (Å²) < 4.78 is 33.6. The molecule has 15 heteroatoms. The van der Waals surface area contributed by atoms with E-state index in [1.54, 1.807) is 19.4 Å². The van der Waals surface area contributed by atoms with Gasteiger partial charge in [0.05, 0.1) is 0 Å². The number of halogens is 1. The molecule has 3 heterocycles. The lowest BCUT2D eigenvalue weighted by Crippen LogP contribution is -2.45. The zero-order valence-corrected chi connectivity index (χ0v) is 36.8. The molecule has 3 saturated heterocycles. The molecule has 0 aromatic rings. The number of hydrogen-bond acceptors (Lipinski definition) is 13. The normalized spacial score (nSPS) is 29.0. The Morgan fingerprint density at radius 2 is 1.28 bits per heavy atom. The molecule has 0 aromatic carbocycles. The monoisotopic (exact) mass is 862 g/mol. The molecule has 6 fully saturated rings. The molecule has 1 unspecified atom stereocenters. The Hall–Kier alpha value is -4.33. The van der Waals surface area contributed by atoms with Gasteiger partial charge in [0.2, 0.25) is 5.24 Å². The highest BCUT2D eigenvalue weighted by molar-refractivity contribution is 6.64. The van der Waals surface area contributed by atoms with Gasteiger partial charge in [-0.3, -0.25) is 14.4 Å². The van der Waals surface area contributed by atoms with Crippen molar-refractivity contribution in [2.45, 2.75) is 106 Å². The standard InChI is InChI=1S/C33H48O5.C6H7ClO4.C6H8O5/c1-21(2)22(3)10-11-24(5)28-17-15-25(29-8-7-9-30(28)29)13-14-26-18-27(16-12-23(26)4)38-31(34)33(6)19-36-32(35)37-20-33;2*1-6(4(7)8)2-10-5(9)11-3-6/h10-11,13-14,21-22,24,27-30H,4,7-9,12,15-20H2,1-3,5-6H3;2-3H2,1H3;2-3H2,1H3,(H,7,8)/b11-10+,25-13+,26-14-;;/t22-,24+,27-,28-,29-,30?;;/m0../s1. The molecule has 3 aliphatic heterocycles. The largest absolute Gasteiger partial charge is 0.508 e. The lowest BCUT2D eigenvalue weighted by Gasteiger charge is -2.39. The Morgan fingerprint density at radius 3 is 1.80 bits per heavy atom. The number of ether oxygens (including phenoxy) is 7. The van der Waals surface area contributed by atoms with Crippen molar-refractivity contribution in [1.82, 2.24) is 0 Å². The fraction of sp³-hybridized carbons (Fsp3) is 0.689. The molecule has 6 aliphatic rings. The van der Waals surface area contributed by atoms with Crippen LogP contribution in [0.3, 0.4) is 0 Å². The van der Waals surface area contributed by atoms with Crippen LogP contribution in [0.2, 0.25) is 0 Å². The summed E-state index contributed by atoms with van der Waals surface area (Å²) in [6.07, 6.45) is 15.8. The highest BCUT2D eigenvalue weighted by Gasteiger charge is 2.44. The Kier molecular flexibility index (Phi) is 16.9. The van der Waals surface area contributed by atoms with Crippen molar-refractivity contribution in [3.8, 4) is 0 Å². The average Bonchev–Trinajstić information content (AvgIpc) is 3.71. The summed E-state index contributed by atoms with van der Waals surface area (Å²) in [5.41, 5.74) is 1.01. The van der Waals surface area contributed by atoms with Crippen LogP contribution < -0.4 is 0 Å². The van der Waals surface area contributed by atoms with E-state index in [9.17, 15) is 28.8 Å². The van der Waals surface area contributed by atoms with E-state index < -0.39 is 45.9 Å². The van der Waals surface area contributed by atoms with Crippen molar-refractivity contribution in [3.05, 3.63) is 47.6 Å². The number of cyclic esters (lactones) is 6.